The number of benzene rings is 1. The first-order valence-electron chi connectivity index (χ1n) is 12.1. The van der Waals surface area contributed by atoms with Gasteiger partial charge < -0.3 is 24.8 Å². The molecule has 0 aliphatic carbocycles. The number of carbonyl (C=O) groups is 3. The molecule has 3 N–H and O–H groups in total. The van der Waals surface area contributed by atoms with Crippen molar-refractivity contribution < 1.29 is 37.9 Å². The van der Waals surface area contributed by atoms with Crippen molar-refractivity contribution in [2.24, 2.45) is 11.3 Å². The third kappa shape index (κ3) is 8.13. The van der Waals surface area contributed by atoms with Gasteiger partial charge >= 0.3 is 19.7 Å². The maximum atomic E-state index is 13.6. The summed E-state index contributed by atoms with van der Waals surface area (Å²) in [6, 6.07) is 4.98. The van der Waals surface area contributed by atoms with Gasteiger partial charge in [0.05, 0.1) is 12.0 Å². The zero-order valence-electron chi connectivity index (χ0n) is 22.4. The van der Waals surface area contributed by atoms with E-state index in [1.807, 2.05) is 24.3 Å². The van der Waals surface area contributed by atoms with E-state index in [0.29, 0.717) is 4.83 Å². The highest BCUT2D eigenvalue weighted by Gasteiger charge is 2.45. The van der Waals surface area contributed by atoms with Crippen molar-refractivity contribution in [3.05, 3.63) is 36.0 Å². The van der Waals surface area contributed by atoms with Gasteiger partial charge in [-0.25, -0.2) is 14.2 Å². The fourth-order valence-corrected chi connectivity index (χ4v) is 4.45. The molecule has 0 spiro atoms. The van der Waals surface area contributed by atoms with Crippen LogP contribution >= 0.6 is 7.75 Å². The predicted molar refractivity (Wildman–Crippen MR) is 138 cm³/mol. The Morgan fingerprint density at radius 1 is 1.19 bits per heavy atom. The average molecular weight is 540 g/mol. The van der Waals surface area contributed by atoms with Crippen molar-refractivity contribution in [3.8, 4) is 0 Å². The number of esters is 1. The lowest BCUT2D eigenvalue weighted by molar-refractivity contribution is -0.193. The summed E-state index contributed by atoms with van der Waals surface area (Å²) in [6.45, 7) is 10.0. The van der Waals surface area contributed by atoms with Crippen LogP contribution < -0.4 is 5.32 Å². The molecule has 0 aliphatic rings. The summed E-state index contributed by atoms with van der Waals surface area (Å²) in [5, 5.41) is 3.53. The van der Waals surface area contributed by atoms with E-state index in [2.05, 4.69) is 10.3 Å². The number of carbonyl (C=O) groups excluding carboxylic acids is 3. The molecule has 37 heavy (non-hydrogen) atoms. The zero-order valence-corrected chi connectivity index (χ0v) is 23.3. The van der Waals surface area contributed by atoms with Crippen LogP contribution in [0.15, 0.2) is 30.5 Å². The number of para-hydroxylation sites is 1. The van der Waals surface area contributed by atoms with Gasteiger partial charge in [-0.05, 0) is 56.5 Å². The first-order valence-corrected chi connectivity index (χ1v) is 13.7. The second-order valence-electron chi connectivity index (χ2n) is 10.1. The van der Waals surface area contributed by atoms with Gasteiger partial charge in [-0.15, -0.1) is 0 Å². The first kappa shape index (κ1) is 30.5. The molecule has 1 aromatic carbocycles. The molecule has 0 saturated heterocycles. The van der Waals surface area contributed by atoms with E-state index < -0.39 is 43.1 Å². The number of hydroxylamine groups is 1. The lowest BCUT2D eigenvalue weighted by atomic mass is 9.98. The normalized spacial score (nSPS) is 15.3. The molecule has 2 rings (SSSR count). The molecule has 0 radical (unpaired) electrons. The Kier molecular flexibility index (Phi) is 10.5. The standard InChI is InChI=1S/C25H38N3O8P/c1-8-35-23(30)20(14-17-15-26-19-12-10-9-11-18(17)19)27-22(29)21(13-16(2)3)28(37(32,33)34-7)36-24(31)25(4,5)6/h9-12,15-16,20-21,26H,8,13-14H2,1-7H3,(H,27,29)(H,32,33)/t20-,21-/m0/s1. The number of amides is 1. The quantitative estimate of drug-likeness (QED) is 0.208. The summed E-state index contributed by atoms with van der Waals surface area (Å²) in [6.07, 6.45) is 1.88. The van der Waals surface area contributed by atoms with Crippen LogP contribution in [0.4, 0.5) is 0 Å². The topological polar surface area (TPSA) is 147 Å². The fourth-order valence-electron chi connectivity index (χ4n) is 3.56. The van der Waals surface area contributed by atoms with Crippen LogP contribution in [-0.4, -0.2) is 58.4 Å². The van der Waals surface area contributed by atoms with Gasteiger partial charge in [-0.1, -0.05) is 32.0 Å². The van der Waals surface area contributed by atoms with E-state index in [9.17, 15) is 23.8 Å². The Bertz CT molecular complexity index is 1140. The Hall–Kier alpha value is -2.72. The average Bonchev–Trinajstić information content (AvgIpc) is 3.22. The molecule has 1 amide bonds. The fraction of sp³-hybridized carbons (Fsp3) is 0.560. The molecule has 1 unspecified atom stereocenters. The second-order valence-corrected chi connectivity index (χ2v) is 11.9. The number of aromatic nitrogens is 1. The van der Waals surface area contributed by atoms with Crippen molar-refractivity contribution in [2.45, 2.75) is 66.5 Å². The van der Waals surface area contributed by atoms with Crippen LogP contribution in [0.3, 0.4) is 0 Å². The Morgan fingerprint density at radius 3 is 2.41 bits per heavy atom. The van der Waals surface area contributed by atoms with Crippen molar-refractivity contribution in [1.82, 2.24) is 15.1 Å². The highest BCUT2D eigenvalue weighted by molar-refractivity contribution is 7.50. The minimum Gasteiger partial charge on any atom is -0.464 e. The van der Waals surface area contributed by atoms with E-state index in [1.54, 1.807) is 47.7 Å². The van der Waals surface area contributed by atoms with Gasteiger partial charge in [0.1, 0.15) is 12.1 Å². The number of H-pyrrole nitrogens is 1. The molecule has 0 fully saturated rings. The number of fused-ring (bicyclic) bond motifs is 1. The van der Waals surface area contributed by atoms with Crippen molar-refractivity contribution in [3.63, 3.8) is 0 Å². The van der Waals surface area contributed by atoms with Gasteiger partial charge in [0.15, 0.2) is 0 Å². The lowest BCUT2D eigenvalue weighted by Gasteiger charge is -2.33. The van der Waals surface area contributed by atoms with Crippen LogP contribution in [0.5, 0.6) is 0 Å². The largest absolute Gasteiger partial charge is 0.464 e. The van der Waals surface area contributed by atoms with E-state index in [-0.39, 0.29) is 25.4 Å². The van der Waals surface area contributed by atoms with Gasteiger partial charge in [0, 0.05) is 30.6 Å². The highest BCUT2D eigenvalue weighted by Crippen LogP contribution is 2.48. The maximum Gasteiger partial charge on any atom is 0.438 e. The van der Waals surface area contributed by atoms with Gasteiger partial charge in [0.2, 0.25) is 5.91 Å². The number of rotatable bonds is 12. The van der Waals surface area contributed by atoms with Crippen LogP contribution in [-0.2, 0) is 39.5 Å². The van der Waals surface area contributed by atoms with Gasteiger partial charge in [-0.3, -0.25) is 9.32 Å². The van der Waals surface area contributed by atoms with E-state index in [0.717, 1.165) is 23.6 Å². The Labute approximate surface area is 217 Å². The maximum absolute atomic E-state index is 13.6. The summed E-state index contributed by atoms with van der Waals surface area (Å²) in [7, 11) is -3.76. The highest BCUT2D eigenvalue weighted by atomic mass is 31.2. The Balaban J connectivity index is 2.43. The summed E-state index contributed by atoms with van der Waals surface area (Å²) < 4.78 is 22.8. The van der Waals surface area contributed by atoms with E-state index in [4.69, 9.17) is 14.1 Å². The SMILES string of the molecule is CCOC(=O)[C@H](Cc1c[nH]c2ccccc12)NC(=O)[C@H](CC(C)C)N(OC(=O)C(C)(C)C)P(=O)(O)OC. The third-order valence-electron chi connectivity index (χ3n) is 5.53. The molecule has 1 aromatic heterocycles. The molecular weight excluding hydrogens is 501 g/mol. The summed E-state index contributed by atoms with van der Waals surface area (Å²) >= 11 is 0. The molecule has 0 bridgehead atoms. The van der Waals surface area contributed by atoms with E-state index in [1.165, 1.54) is 0 Å². The third-order valence-corrected chi connectivity index (χ3v) is 6.86. The number of ether oxygens (including phenoxy) is 1. The minimum absolute atomic E-state index is 0.0276. The molecular formula is C25H38N3O8P. The van der Waals surface area contributed by atoms with Crippen molar-refractivity contribution >= 4 is 36.5 Å². The summed E-state index contributed by atoms with van der Waals surface area (Å²) in [4.78, 5) is 58.4. The van der Waals surface area contributed by atoms with Crippen LogP contribution in [0.25, 0.3) is 10.9 Å². The minimum atomic E-state index is -4.73. The predicted octanol–water partition coefficient (Wildman–Crippen LogP) is 3.73. The Morgan fingerprint density at radius 2 is 1.84 bits per heavy atom. The first-order chi connectivity index (χ1) is 17.2. The number of aromatic amines is 1. The summed E-state index contributed by atoms with van der Waals surface area (Å²) in [5.41, 5.74) is 0.606. The van der Waals surface area contributed by atoms with Crippen LogP contribution in [0, 0.1) is 11.3 Å². The monoisotopic (exact) mass is 539 g/mol. The molecule has 0 saturated carbocycles. The molecule has 11 nitrogen and oxygen atoms in total. The number of nitrogens with zero attached hydrogens (tertiary/aromatic N) is 1. The molecule has 12 heteroatoms. The lowest BCUT2D eigenvalue weighted by Crippen LogP contribution is -2.53. The summed E-state index contributed by atoms with van der Waals surface area (Å²) in [5.74, 6) is -2.44. The number of nitrogens with one attached hydrogen (secondary N) is 2. The van der Waals surface area contributed by atoms with E-state index >= 15 is 0 Å². The molecule has 0 aliphatic heterocycles. The number of hydrogen-bond donors (Lipinski definition) is 3. The van der Waals surface area contributed by atoms with Crippen LogP contribution in [0.1, 0.15) is 53.5 Å². The van der Waals surface area contributed by atoms with Crippen LogP contribution in [0.2, 0.25) is 0 Å². The van der Waals surface area contributed by atoms with Crippen molar-refractivity contribution in [2.75, 3.05) is 13.7 Å². The van der Waals surface area contributed by atoms with Gasteiger partial charge in [-0.2, -0.15) is 0 Å². The molecule has 206 valence electrons. The molecule has 1 heterocycles. The molecule has 2 aromatic rings. The molecule has 3 atom stereocenters. The second kappa shape index (κ2) is 12.7. The number of hydrogen-bond acceptors (Lipinski definition) is 7. The smallest absolute Gasteiger partial charge is 0.438 e. The zero-order chi connectivity index (χ0) is 28.0. The van der Waals surface area contributed by atoms with Gasteiger partial charge in [0.25, 0.3) is 0 Å². The van der Waals surface area contributed by atoms with Crippen molar-refractivity contribution in [1.29, 1.82) is 0 Å².